The minimum atomic E-state index is 0.764. The lowest BCUT2D eigenvalue weighted by Gasteiger charge is -1.99. The van der Waals surface area contributed by atoms with Crippen LogP contribution in [0.5, 0.6) is 0 Å². The highest BCUT2D eigenvalue weighted by molar-refractivity contribution is 5.66. The smallest absolute Gasteiger partial charge is 0.143 e. The van der Waals surface area contributed by atoms with Gasteiger partial charge in [-0.25, -0.2) is 0 Å². The first-order valence-electron chi connectivity index (χ1n) is 4.63. The number of hydrogen-bond acceptors (Lipinski definition) is 1. The molecule has 0 spiro atoms. The molecule has 12 heavy (non-hydrogen) atoms. The Kier molecular flexibility index (Phi) is 3.78. The summed E-state index contributed by atoms with van der Waals surface area (Å²) in [7, 11) is 0. The van der Waals surface area contributed by atoms with E-state index in [-0.39, 0.29) is 0 Å². The van der Waals surface area contributed by atoms with Gasteiger partial charge in [-0.1, -0.05) is 25.0 Å². The zero-order chi connectivity index (χ0) is 8.81. The first-order valence-corrected chi connectivity index (χ1v) is 4.63. The molecule has 0 unspecified atom stereocenters. The highest BCUT2D eigenvalue weighted by Crippen LogP contribution is 2.25. The molecule has 1 heteroatoms. The summed E-state index contributed by atoms with van der Waals surface area (Å²) < 4.78 is 0. The summed E-state index contributed by atoms with van der Waals surface area (Å²) in [5, 5.41) is 0. The van der Waals surface area contributed by atoms with Crippen LogP contribution >= 0.6 is 0 Å². The van der Waals surface area contributed by atoms with Gasteiger partial charge in [0.2, 0.25) is 0 Å². The number of allylic oxidation sites excluding steroid dienone is 4. The van der Waals surface area contributed by atoms with Gasteiger partial charge in [0.1, 0.15) is 6.29 Å². The number of hydrogen-bond donors (Lipinski definition) is 0. The second-order valence-electron chi connectivity index (χ2n) is 3.45. The molecule has 0 aromatic heterocycles. The SMILES string of the molecule is CC(/C=C/C1CCCC1)=C\C=O. The van der Waals surface area contributed by atoms with E-state index in [1.807, 2.05) is 6.92 Å². The summed E-state index contributed by atoms with van der Waals surface area (Å²) in [5.74, 6) is 0.764. The van der Waals surface area contributed by atoms with Gasteiger partial charge in [0.25, 0.3) is 0 Å². The van der Waals surface area contributed by atoms with E-state index >= 15 is 0 Å². The average Bonchev–Trinajstić information content (AvgIpc) is 2.53. The number of aldehydes is 1. The molecule has 1 aliphatic carbocycles. The van der Waals surface area contributed by atoms with Gasteiger partial charge in [0.05, 0.1) is 0 Å². The van der Waals surface area contributed by atoms with Gasteiger partial charge in [0, 0.05) is 0 Å². The summed E-state index contributed by atoms with van der Waals surface area (Å²) in [6.45, 7) is 1.96. The van der Waals surface area contributed by atoms with E-state index < -0.39 is 0 Å². The zero-order valence-corrected chi connectivity index (χ0v) is 7.62. The third kappa shape index (κ3) is 3.04. The largest absolute Gasteiger partial charge is 0.299 e. The van der Waals surface area contributed by atoms with Gasteiger partial charge in [-0.2, -0.15) is 0 Å². The van der Waals surface area contributed by atoms with Crippen molar-refractivity contribution < 1.29 is 4.79 Å². The molecule has 1 saturated carbocycles. The van der Waals surface area contributed by atoms with Crippen molar-refractivity contribution >= 4 is 6.29 Å². The van der Waals surface area contributed by atoms with Crippen molar-refractivity contribution in [2.75, 3.05) is 0 Å². The molecule has 0 saturated heterocycles. The molecule has 0 aliphatic heterocycles. The molecular formula is C11H16O. The average molecular weight is 164 g/mol. The van der Waals surface area contributed by atoms with Crippen LogP contribution in [0.2, 0.25) is 0 Å². The second-order valence-corrected chi connectivity index (χ2v) is 3.45. The highest BCUT2D eigenvalue weighted by Gasteiger charge is 2.10. The third-order valence-electron chi connectivity index (χ3n) is 2.36. The van der Waals surface area contributed by atoms with Crippen molar-refractivity contribution in [2.45, 2.75) is 32.6 Å². The van der Waals surface area contributed by atoms with Crippen LogP contribution in [0.4, 0.5) is 0 Å². The van der Waals surface area contributed by atoms with Crippen molar-refractivity contribution in [2.24, 2.45) is 5.92 Å². The molecule has 0 atom stereocenters. The zero-order valence-electron chi connectivity index (χ0n) is 7.62. The third-order valence-corrected chi connectivity index (χ3v) is 2.36. The van der Waals surface area contributed by atoms with Gasteiger partial charge >= 0.3 is 0 Å². The van der Waals surface area contributed by atoms with Gasteiger partial charge in [-0.15, -0.1) is 0 Å². The van der Waals surface area contributed by atoms with E-state index in [1.165, 1.54) is 25.7 Å². The van der Waals surface area contributed by atoms with Crippen LogP contribution in [0.25, 0.3) is 0 Å². The van der Waals surface area contributed by atoms with Crippen LogP contribution in [0.3, 0.4) is 0 Å². The second kappa shape index (κ2) is 4.91. The standard InChI is InChI=1S/C11H16O/c1-10(8-9-12)6-7-11-4-2-3-5-11/h6-9,11H,2-5H2,1H3/b7-6+,10-8+. The Labute approximate surface area is 74.2 Å². The van der Waals surface area contributed by atoms with E-state index in [4.69, 9.17) is 0 Å². The van der Waals surface area contributed by atoms with Gasteiger partial charge in [0.15, 0.2) is 0 Å². The molecule has 66 valence electrons. The molecule has 0 aromatic rings. The molecule has 1 nitrogen and oxygen atoms in total. The van der Waals surface area contributed by atoms with E-state index in [0.717, 1.165) is 17.8 Å². The van der Waals surface area contributed by atoms with E-state index in [9.17, 15) is 4.79 Å². The van der Waals surface area contributed by atoms with Crippen molar-refractivity contribution in [1.82, 2.24) is 0 Å². The maximum atomic E-state index is 10.1. The molecular weight excluding hydrogens is 148 g/mol. The number of carbonyl (C=O) groups is 1. The Morgan fingerprint density at radius 2 is 2.00 bits per heavy atom. The van der Waals surface area contributed by atoms with Crippen LogP contribution in [0.15, 0.2) is 23.8 Å². The Morgan fingerprint density at radius 1 is 1.33 bits per heavy atom. The summed E-state index contributed by atoms with van der Waals surface area (Å²) in [4.78, 5) is 10.1. The van der Waals surface area contributed by atoms with Crippen molar-refractivity contribution in [3.8, 4) is 0 Å². The van der Waals surface area contributed by atoms with Crippen molar-refractivity contribution in [3.63, 3.8) is 0 Å². The molecule has 1 fully saturated rings. The topological polar surface area (TPSA) is 17.1 Å². The maximum Gasteiger partial charge on any atom is 0.143 e. The maximum absolute atomic E-state index is 10.1. The minimum Gasteiger partial charge on any atom is -0.299 e. The van der Waals surface area contributed by atoms with Crippen LogP contribution in [0.1, 0.15) is 32.6 Å². The number of carbonyl (C=O) groups excluding carboxylic acids is 1. The fourth-order valence-corrected chi connectivity index (χ4v) is 1.60. The van der Waals surface area contributed by atoms with Crippen molar-refractivity contribution in [3.05, 3.63) is 23.8 Å². The van der Waals surface area contributed by atoms with Crippen LogP contribution in [-0.2, 0) is 4.79 Å². The Balaban J connectivity index is 2.37. The van der Waals surface area contributed by atoms with Crippen LogP contribution in [0, 0.1) is 5.92 Å². The molecule has 1 aliphatic rings. The van der Waals surface area contributed by atoms with E-state index in [1.54, 1.807) is 6.08 Å². The predicted molar refractivity (Wildman–Crippen MR) is 50.9 cm³/mol. The van der Waals surface area contributed by atoms with E-state index in [0.29, 0.717) is 0 Å². The quantitative estimate of drug-likeness (QED) is 0.356. The van der Waals surface area contributed by atoms with Gasteiger partial charge < -0.3 is 0 Å². The molecule has 0 N–H and O–H groups in total. The summed E-state index contributed by atoms with van der Waals surface area (Å²) in [6.07, 6.45) is 12.1. The van der Waals surface area contributed by atoms with Crippen LogP contribution in [-0.4, -0.2) is 6.29 Å². The summed E-state index contributed by atoms with van der Waals surface area (Å²) in [6, 6.07) is 0. The van der Waals surface area contributed by atoms with Gasteiger partial charge in [-0.05, 0) is 37.3 Å². The Hall–Kier alpha value is -0.850. The number of rotatable bonds is 3. The fraction of sp³-hybridized carbons (Fsp3) is 0.545. The van der Waals surface area contributed by atoms with Crippen LogP contribution < -0.4 is 0 Å². The Morgan fingerprint density at radius 3 is 2.58 bits per heavy atom. The van der Waals surface area contributed by atoms with Gasteiger partial charge in [-0.3, -0.25) is 4.79 Å². The van der Waals surface area contributed by atoms with E-state index in [2.05, 4.69) is 12.2 Å². The minimum absolute atomic E-state index is 0.764. The monoisotopic (exact) mass is 164 g/mol. The molecule has 0 amide bonds. The fourth-order valence-electron chi connectivity index (χ4n) is 1.60. The van der Waals surface area contributed by atoms with Crippen molar-refractivity contribution in [1.29, 1.82) is 0 Å². The first-order chi connectivity index (χ1) is 5.83. The lowest BCUT2D eigenvalue weighted by Crippen LogP contribution is -1.85. The summed E-state index contributed by atoms with van der Waals surface area (Å²) >= 11 is 0. The molecule has 0 aromatic carbocycles. The normalized spacial score (nSPS) is 20.6. The molecule has 0 radical (unpaired) electrons. The lowest BCUT2D eigenvalue weighted by molar-refractivity contribution is -0.104. The molecule has 0 bridgehead atoms. The highest BCUT2D eigenvalue weighted by atomic mass is 16.1. The lowest BCUT2D eigenvalue weighted by atomic mass is 10.1. The predicted octanol–water partition coefficient (Wildman–Crippen LogP) is 2.88. The Bertz CT molecular complexity index is 195. The molecule has 1 rings (SSSR count). The summed E-state index contributed by atoms with van der Waals surface area (Å²) in [5.41, 5.74) is 1.05. The first kappa shape index (κ1) is 9.24. The molecule has 0 heterocycles.